The van der Waals surface area contributed by atoms with Crippen LogP contribution in [0.2, 0.25) is 0 Å². The summed E-state index contributed by atoms with van der Waals surface area (Å²) < 4.78 is 0. The number of nitrogens with zero attached hydrogens (tertiary/aromatic N) is 2. The fraction of sp³-hybridized carbons (Fsp3) is 0.615. The van der Waals surface area contributed by atoms with Gasteiger partial charge in [0, 0.05) is 13.5 Å². The molecule has 6 heteroatoms. The Balaban J connectivity index is 1.92. The first-order valence-electron chi connectivity index (χ1n) is 6.60. The van der Waals surface area contributed by atoms with Crippen molar-refractivity contribution in [3.05, 3.63) is 17.5 Å². The van der Waals surface area contributed by atoms with E-state index in [0.717, 1.165) is 19.9 Å². The highest BCUT2D eigenvalue weighted by molar-refractivity contribution is 7.14. The molecule has 2 heterocycles. The highest BCUT2D eigenvalue weighted by atomic mass is 32.1. The molecule has 1 saturated heterocycles. The summed E-state index contributed by atoms with van der Waals surface area (Å²) in [5.41, 5.74) is 0. The minimum Gasteiger partial charge on any atom is -0.338 e. The van der Waals surface area contributed by atoms with Crippen LogP contribution in [-0.2, 0) is 4.79 Å². The number of carbonyl (C=O) groups excluding carboxylic acids is 1. The molecule has 1 aromatic heterocycles. The Morgan fingerprint density at radius 2 is 2.21 bits per heavy atom. The predicted octanol–water partition coefficient (Wildman–Crippen LogP) is 1.45. The molecule has 1 fully saturated rings. The molecule has 0 atom stereocenters. The average molecular weight is 282 g/mol. The van der Waals surface area contributed by atoms with E-state index in [1.165, 1.54) is 5.00 Å². The van der Waals surface area contributed by atoms with E-state index < -0.39 is 0 Å². The number of carbonyl (C=O) groups is 1. The van der Waals surface area contributed by atoms with E-state index >= 15 is 0 Å². The van der Waals surface area contributed by atoms with Crippen LogP contribution in [0.25, 0.3) is 0 Å². The maximum absolute atomic E-state index is 11.7. The van der Waals surface area contributed by atoms with E-state index in [2.05, 4.69) is 40.8 Å². The van der Waals surface area contributed by atoms with E-state index in [9.17, 15) is 4.79 Å². The van der Waals surface area contributed by atoms with Crippen LogP contribution in [0.3, 0.4) is 0 Å². The maximum Gasteiger partial charge on any atom is 0.221 e. The molecule has 1 aliphatic heterocycles. The number of anilines is 1. The number of amides is 1. The lowest BCUT2D eigenvalue weighted by Gasteiger charge is -2.40. The normalized spacial score (nSPS) is 16.9. The van der Waals surface area contributed by atoms with Gasteiger partial charge >= 0.3 is 0 Å². The first-order chi connectivity index (χ1) is 9.08. The average Bonchev–Trinajstić information content (AvgIpc) is 2.89. The van der Waals surface area contributed by atoms with Crippen LogP contribution in [-0.4, -0.2) is 37.0 Å². The number of hydrogen-bond donors (Lipinski definition) is 2. The molecule has 0 saturated carbocycles. The third-order valence-electron chi connectivity index (χ3n) is 3.05. The molecule has 1 amide bonds. The summed E-state index contributed by atoms with van der Waals surface area (Å²) in [6, 6.07) is 4.15. The fourth-order valence-electron chi connectivity index (χ4n) is 2.16. The Hall–Kier alpha value is -1.11. The minimum atomic E-state index is -0.0730. The molecule has 0 aliphatic carbocycles. The standard InChI is InChI=1S/C13H22N4OS/c1-10(2)7-17(11(3)18)13-14-8-16(9-15-13)12-5-4-6-19-12/h4-6,10,13-15H,7-9H2,1-3H3. The molecule has 5 nitrogen and oxygen atoms in total. The lowest BCUT2D eigenvalue weighted by atomic mass is 10.2. The SMILES string of the molecule is CC(=O)N(CC(C)C)C1NCN(c2cccs2)CN1. The Bertz CT molecular complexity index is 399. The summed E-state index contributed by atoms with van der Waals surface area (Å²) in [5.74, 6) is 0.561. The summed E-state index contributed by atoms with van der Waals surface area (Å²) in [5, 5.41) is 10.0. The zero-order valence-electron chi connectivity index (χ0n) is 11.7. The molecule has 1 aromatic rings. The van der Waals surface area contributed by atoms with Gasteiger partial charge in [0.2, 0.25) is 5.91 Å². The molecule has 0 radical (unpaired) electrons. The van der Waals surface area contributed by atoms with Crippen LogP contribution in [0, 0.1) is 5.92 Å². The van der Waals surface area contributed by atoms with Crippen LogP contribution < -0.4 is 15.5 Å². The van der Waals surface area contributed by atoms with Gasteiger partial charge in [0.25, 0.3) is 0 Å². The predicted molar refractivity (Wildman–Crippen MR) is 78.8 cm³/mol. The molecule has 0 unspecified atom stereocenters. The van der Waals surface area contributed by atoms with Gasteiger partial charge in [-0.1, -0.05) is 13.8 Å². The van der Waals surface area contributed by atoms with Crippen molar-refractivity contribution in [1.82, 2.24) is 15.5 Å². The highest BCUT2D eigenvalue weighted by Gasteiger charge is 2.25. The van der Waals surface area contributed by atoms with Crippen molar-refractivity contribution in [2.45, 2.75) is 27.1 Å². The number of rotatable bonds is 4. The molecule has 19 heavy (non-hydrogen) atoms. The molecule has 2 rings (SSSR count). The van der Waals surface area contributed by atoms with Gasteiger partial charge < -0.3 is 9.80 Å². The Morgan fingerprint density at radius 1 is 1.53 bits per heavy atom. The van der Waals surface area contributed by atoms with Gasteiger partial charge in [0.05, 0.1) is 18.3 Å². The van der Waals surface area contributed by atoms with Gasteiger partial charge in [-0.25, -0.2) is 0 Å². The molecule has 0 aromatic carbocycles. The zero-order chi connectivity index (χ0) is 13.8. The Labute approximate surface area is 118 Å². The second kappa shape index (κ2) is 6.36. The van der Waals surface area contributed by atoms with Crippen LogP contribution in [0.1, 0.15) is 20.8 Å². The zero-order valence-corrected chi connectivity index (χ0v) is 12.5. The lowest BCUT2D eigenvalue weighted by molar-refractivity contribution is -0.133. The Kier molecular flexibility index (Phi) is 4.79. The first-order valence-corrected chi connectivity index (χ1v) is 7.48. The summed E-state index contributed by atoms with van der Waals surface area (Å²) in [6.07, 6.45) is -0.0730. The van der Waals surface area contributed by atoms with Crippen molar-refractivity contribution in [3.8, 4) is 0 Å². The van der Waals surface area contributed by atoms with E-state index in [-0.39, 0.29) is 12.2 Å². The van der Waals surface area contributed by atoms with E-state index in [4.69, 9.17) is 0 Å². The summed E-state index contributed by atoms with van der Waals surface area (Å²) in [6.45, 7) is 8.13. The third-order valence-corrected chi connectivity index (χ3v) is 3.98. The number of hydrogen-bond acceptors (Lipinski definition) is 5. The fourth-order valence-corrected chi connectivity index (χ4v) is 2.89. The molecular formula is C13H22N4OS. The molecule has 0 bridgehead atoms. The molecule has 1 aliphatic rings. The van der Waals surface area contributed by atoms with E-state index in [0.29, 0.717) is 5.92 Å². The van der Waals surface area contributed by atoms with Gasteiger partial charge in [0.15, 0.2) is 0 Å². The molecule has 106 valence electrons. The van der Waals surface area contributed by atoms with Crippen LogP contribution in [0.15, 0.2) is 17.5 Å². The number of nitrogens with one attached hydrogen (secondary N) is 2. The van der Waals surface area contributed by atoms with E-state index in [1.807, 2.05) is 11.0 Å². The van der Waals surface area contributed by atoms with Crippen molar-refractivity contribution in [1.29, 1.82) is 0 Å². The minimum absolute atomic E-state index is 0.0730. The smallest absolute Gasteiger partial charge is 0.221 e. The van der Waals surface area contributed by atoms with Gasteiger partial charge in [0.1, 0.15) is 6.29 Å². The van der Waals surface area contributed by atoms with Crippen molar-refractivity contribution >= 4 is 22.2 Å². The van der Waals surface area contributed by atoms with Crippen molar-refractivity contribution in [2.24, 2.45) is 5.92 Å². The molecule has 0 spiro atoms. The maximum atomic E-state index is 11.7. The van der Waals surface area contributed by atoms with Crippen LogP contribution in [0.5, 0.6) is 0 Å². The highest BCUT2D eigenvalue weighted by Crippen LogP contribution is 2.21. The van der Waals surface area contributed by atoms with E-state index in [1.54, 1.807) is 18.3 Å². The summed E-state index contributed by atoms with van der Waals surface area (Å²) in [4.78, 5) is 15.8. The van der Waals surface area contributed by atoms with Crippen LogP contribution in [0.4, 0.5) is 5.00 Å². The van der Waals surface area contributed by atoms with Gasteiger partial charge in [-0.05, 0) is 23.4 Å². The molecule has 2 N–H and O–H groups in total. The van der Waals surface area contributed by atoms with Gasteiger partial charge in [-0.2, -0.15) is 0 Å². The first kappa shape index (κ1) is 14.3. The van der Waals surface area contributed by atoms with Crippen molar-refractivity contribution in [2.75, 3.05) is 24.8 Å². The van der Waals surface area contributed by atoms with Crippen LogP contribution >= 0.6 is 11.3 Å². The summed E-state index contributed by atoms with van der Waals surface area (Å²) in [7, 11) is 0. The lowest BCUT2D eigenvalue weighted by Crippen LogP contribution is -2.65. The topological polar surface area (TPSA) is 47.6 Å². The number of thiophene rings is 1. The second-order valence-corrected chi connectivity index (χ2v) is 6.11. The summed E-state index contributed by atoms with van der Waals surface area (Å²) >= 11 is 1.72. The van der Waals surface area contributed by atoms with Gasteiger partial charge in [-0.15, -0.1) is 11.3 Å². The monoisotopic (exact) mass is 282 g/mol. The van der Waals surface area contributed by atoms with Gasteiger partial charge in [-0.3, -0.25) is 15.4 Å². The van der Waals surface area contributed by atoms with Crippen molar-refractivity contribution in [3.63, 3.8) is 0 Å². The van der Waals surface area contributed by atoms with Crippen molar-refractivity contribution < 1.29 is 4.79 Å². The quantitative estimate of drug-likeness (QED) is 0.877. The third kappa shape index (κ3) is 3.68. The molecular weight excluding hydrogens is 260 g/mol. The second-order valence-electron chi connectivity index (χ2n) is 5.18. The largest absolute Gasteiger partial charge is 0.338 e. The Morgan fingerprint density at radius 3 is 2.68 bits per heavy atom.